The molecule has 6 nitrogen and oxygen atoms in total. The number of thiocarbonyl (C=S) groups is 1. The Labute approximate surface area is 90.7 Å². The third kappa shape index (κ3) is 3.21. The van der Waals surface area contributed by atoms with Crippen LogP contribution in [0.4, 0.5) is 11.4 Å². The lowest BCUT2D eigenvalue weighted by Crippen LogP contribution is -2.23. The number of nitrogens with zero attached hydrogens (tertiary/aromatic N) is 2. The van der Waals surface area contributed by atoms with Gasteiger partial charge in [-0.3, -0.25) is 15.4 Å². The van der Waals surface area contributed by atoms with Crippen LogP contribution in [0.2, 0.25) is 0 Å². The molecule has 0 radical (unpaired) electrons. The summed E-state index contributed by atoms with van der Waals surface area (Å²) in [6.07, 6.45) is 1.64. The van der Waals surface area contributed by atoms with Gasteiger partial charge in [0.05, 0.1) is 4.92 Å². The second kappa shape index (κ2) is 4.88. The van der Waals surface area contributed by atoms with Gasteiger partial charge in [0.15, 0.2) is 11.3 Å². The average molecular weight is 222 g/mol. The maximum absolute atomic E-state index is 10.4. The molecule has 2 N–H and O–H groups in total. The lowest BCUT2D eigenvalue weighted by molar-refractivity contribution is -0.384. The fourth-order valence-electron chi connectivity index (χ4n) is 0.910. The monoisotopic (exact) mass is 222 g/mol. The Kier molecular flexibility index (Phi) is 3.54. The first kappa shape index (κ1) is 10.9. The van der Waals surface area contributed by atoms with E-state index < -0.39 is 4.92 Å². The van der Waals surface area contributed by atoms with Crippen molar-refractivity contribution in [2.75, 3.05) is 5.32 Å². The number of nitro groups is 1. The van der Waals surface area contributed by atoms with Gasteiger partial charge in [0.1, 0.15) is 0 Å². The van der Waals surface area contributed by atoms with Crippen molar-refractivity contribution in [1.29, 1.82) is 5.26 Å². The van der Waals surface area contributed by atoms with Gasteiger partial charge in [0, 0.05) is 17.8 Å². The van der Waals surface area contributed by atoms with Crippen molar-refractivity contribution in [3.05, 3.63) is 34.4 Å². The smallest absolute Gasteiger partial charge is 0.271 e. The van der Waals surface area contributed by atoms with Crippen molar-refractivity contribution < 1.29 is 4.92 Å². The van der Waals surface area contributed by atoms with Crippen LogP contribution in [0.15, 0.2) is 24.3 Å². The first-order valence-corrected chi connectivity index (χ1v) is 4.25. The zero-order valence-corrected chi connectivity index (χ0v) is 8.25. The lowest BCUT2D eigenvalue weighted by Gasteiger charge is -2.04. The van der Waals surface area contributed by atoms with Gasteiger partial charge in [-0.15, -0.1) is 0 Å². The zero-order valence-electron chi connectivity index (χ0n) is 7.43. The summed E-state index contributed by atoms with van der Waals surface area (Å²) in [7, 11) is 0. The zero-order chi connectivity index (χ0) is 11.3. The predicted octanol–water partition coefficient (Wildman–Crippen LogP) is 1.36. The van der Waals surface area contributed by atoms with Gasteiger partial charge in [0.25, 0.3) is 5.69 Å². The fourth-order valence-corrected chi connectivity index (χ4v) is 1.07. The van der Waals surface area contributed by atoms with Crippen LogP contribution in [0.5, 0.6) is 0 Å². The number of nitro benzene ring substituents is 1. The van der Waals surface area contributed by atoms with Crippen LogP contribution in [-0.2, 0) is 0 Å². The van der Waals surface area contributed by atoms with E-state index in [1.165, 1.54) is 18.2 Å². The summed E-state index contributed by atoms with van der Waals surface area (Å²) >= 11 is 4.73. The van der Waals surface area contributed by atoms with E-state index in [0.717, 1.165) is 0 Å². The molecule has 0 heterocycles. The van der Waals surface area contributed by atoms with Crippen molar-refractivity contribution in [3.63, 3.8) is 0 Å². The minimum Gasteiger partial charge on any atom is -0.332 e. The molecule has 15 heavy (non-hydrogen) atoms. The molecule has 0 aliphatic rings. The molecular weight excluding hydrogens is 216 g/mol. The van der Waals surface area contributed by atoms with Crippen LogP contribution in [-0.4, -0.2) is 10.0 Å². The largest absolute Gasteiger partial charge is 0.332 e. The van der Waals surface area contributed by atoms with Crippen molar-refractivity contribution in [1.82, 2.24) is 5.32 Å². The minimum atomic E-state index is -0.508. The van der Waals surface area contributed by atoms with Crippen LogP contribution in [0.1, 0.15) is 0 Å². The summed E-state index contributed by atoms with van der Waals surface area (Å²) in [5.74, 6) is 0. The summed E-state index contributed by atoms with van der Waals surface area (Å²) in [4.78, 5) is 9.93. The van der Waals surface area contributed by atoms with Gasteiger partial charge >= 0.3 is 0 Å². The van der Waals surface area contributed by atoms with Crippen LogP contribution in [0.25, 0.3) is 0 Å². The molecule has 0 atom stereocenters. The SMILES string of the molecule is N#CNC(=S)Nc1cccc([N+](=O)[O-])c1. The molecule has 0 unspecified atom stereocenters. The predicted molar refractivity (Wildman–Crippen MR) is 58.1 cm³/mol. The number of rotatable bonds is 2. The van der Waals surface area contributed by atoms with Crippen LogP contribution in [0, 0.1) is 21.6 Å². The second-order valence-electron chi connectivity index (χ2n) is 2.50. The Morgan fingerprint density at radius 1 is 1.60 bits per heavy atom. The molecule has 0 aromatic heterocycles. The maximum Gasteiger partial charge on any atom is 0.271 e. The Morgan fingerprint density at radius 2 is 2.33 bits per heavy atom. The van der Waals surface area contributed by atoms with E-state index in [1.54, 1.807) is 12.3 Å². The van der Waals surface area contributed by atoms with E-state index in [1.807, 2.05) is 0 Å². The summed E-state index contributed by atoms with van der Waals surface area (Å²) in [6.45, 7) is 0. The number of nitrogens with one attached hydrogen (secondary N) is 2. The topological polar surface area (TPSA) is 91.0 Å². The van der Waals surface area contributed by atoms with E-state index in [2.05, 4.69) is 10.6 Å². The molecule has 0 fully saturated rings. The van der Waals surface area contributed by atoms with Gasteiger partial charge in [0.2, 0.25) is 0 Å². The van der Waals surface area contributed by atoms with Crippen molar-refractivity contribution >= 4 is 28.7 Å². The van der Waals surface area contributed by atoms with Crippen LogP contribution < -0.4 is 10.6 Å². The summed E-state index contributed by atoms with van der Waals surface area (Å²) in [5, 5.41) is 23.6. The van der Waals surface area contributed by atoms with Gasteiger partial charge < -0.3 is 5.32 Å². The average Bonchev–Trinajstić information content (AvgIpc) is 2.18. The minimum absolute atomic E-state index is 0.0419. The molecule has 7 heteroatoms. The molecule has 0 amide bonds. The first-order valence-electron chi connectivity index (χ1n) is 3.84. The Balaban J connectivity index is 2.79. The van der Waals surface area contributed by atoms with Crippen LogP contribution in [0.3, 0.4) is 0 Å². The van der Waals surface area contributed by atoms with Gasteiger partial charge in [-0.2, -0.15) is 5.26 Å². The highest BCUT2D eigenvalue weighted by Crippen LogP contribution is 2.16. The molecule has 0 aliphatic carbocycles. The fraction of sp³-hybridized carbons (Fsp3) is 0. The van der Waals surface area contributed by atoms with E-state index in [4.69, 9.17) is 17.5 Å². The third-order valence-corrected chi connectivity index (χ3v) is 1.69. The van der Waals surface area contributed by atoms with Gasteiger partial charge in [-0.05, 0) is 18.3 Å². The third-order valence-electron chi connectivity index (χ3n) is 1.48. The molecule has 0 spiro atoms. The number of hydrogen-bond acceptors (Lipinski definition) is 4. The highest BCUT2D eigenvalue weighted by molar-refractivity contribution is 7.80. The first-order chi connectivity index (χ1) is 7.13. The Hall–Kier alpha value is -2.20. The molecular formula is C8H6N4O2S. The molecule has 0 bridgehead atoms. The highest BCUT2D eigenvalue weighted by atomic mass is 32.1. The van der Waals surface area contributed by atoms with E-state index >= 15 is 0 Å². The second-order valence-corrected chi connectivity index (χ2v) is 2.91. The number of hydrogen-bond donors (Lipinski definition) is 2. The molecule has 0 saturated heterocycles. The molecule has 76 valence electrons. The van der Waals surface area contributed by atoms with Crippen molar-refractivity contribution in [3.8, 4) is 6.19 Å². The van der Waals surface area contributed by atoms with Crippen LogP contribution >= 0.6 is 12.2 Å². The van der Waals surface area contributed by atoms with Crippen molar-refractivity contribution in [2.24, 2.45) is 0 Å². The van der Waals surface area contributed by atoms with Gasteiger partial charge in [-0.25, -0.2) is 0 Å². The Morgan fingerprint density at radius 3 is 2.93 bits per heavy atom. The molecule has 1 aromatic rings. The quantitative estimate of drug-likeness (QED) is 0.258. The molecule has 0 aliphatic heterocycles. The number of nitriles is 1. The van der Waals surface area contributed by atoms with E-state index in [0.29, 0.717) is 5.69 Å². The summed E-state index contributed by atoms with van der Waals surface area (Å²) in [6, 6.07) is 5.82. The standard InChI is InChI=1S/C8H6N4O2S/c9-5-10-8(15)11-6-2-1-3-7(4-6)12(13)14/h1-4H,(H2,10,11,15). The maximum atomic E-state index is 10.4. The number of non-ortho nitro benzene ring substituents is 1. The van der Waals surface area contributed by atoms with E-state index in [9.17, 15) is 10.1 Å². The number of anilines is 1. The Bertz CT molecular complexity index is 441. The lowest BCUT2D eigenvalue weighted by atomic mass is 10.3. The molecule has 1 aromatic carbocycles. The van der Waals surface area contributed by atoms with Gasteiger partial charge in [-0.1, -0.05) is 6.07 Å². The summed E-state index contributed by atoms with van der Waals surface area (Å²) < 4.78 is 0. The normalized spacial score (nSPS) is 8.73. The molecule has 1 rings (SSSR count). The molecule has 0 saturated carbocycles. The highest BCUT2D eigenvalue weighted by Gasteiger charge is 2.05. The van der Waals surface area contributed by atoms with Crippen molar-refractivity contribution in [2.45, 2.75) is 0 Å². The van der Waals surface area contributed by atoms with E-state index in [-0.39, 0.29) is 10.8 Å². The summed E-state index contributed by atoms with van der Waals surface area (Å²) in [5.41, 5.74) is 0.414. The number of benzene rings is 1.